The van der Waals surface area contributed by atoms with E-state index < -0.39 is 0 Å². The fourth-order valence-corrected chi connectivity index (χ4v) is 2.02. The van der Waals surface area contributed by atoms with Crippen LogP contribution in [0.25, 0.3) is 0 Å². The highest BCUT2D eigenvalue weighted by Crippen LogP contribution is 2.15. The van der Waals surface area contributed by atoms with Gasteiger partial charge in [0.2, 0.25) is 5.91 Å². The normalized spacial score (nSPS) is 11.2. The number of hydrogen-bond donors (Lipinski definition) is 2. The van der Waals surface area contributed by atoms with E-state index in [0.717, 1.165) is 13.1 Å². The van der Waals surface area contributed by atoms with E-state index in [9.17, 15) is 4.79 Å². The number of nitrogens with zero attached hydrogens (tertiary/aromatic N) is 2. The van der Waals surface area contributed by atoms with Gasteiger partial charge in [0.15, 0.2) is 0 Å². The zero-order valence-electron chi connectivity index (χ0n) is 13.0. The second-order valence-corrected chi connectivity index (χ2v) is 5.91. The highest BCUT2D eigenvalue weighted by atomic mass is 16.2. The Morgan fingerprint density at radius 2 is 2.19 bits per heavy atom. The SMILES string of the molecule is CCN(CC(=O)Nc1cccc(C#N)c1)CC(C)(C)CN. The number of anilines is 1. The van der Waals surface area contributed by atoms with Crippen molar-refractivity contribution in [1.29, 1.82) is 5.26 Å². The molecule has 114 valence electrons. The summed E-state index contributed by atoms with van der Waals surface area (Å²) in [6, 6.07) is 8.96. The number of benzene rings is 1. The first-order valence-electron chi connectivity index (χ1n) is 7.12. The van der Waals surface area contributed by atoms with Gasteiger partial charge in [0, 0.05) is 12.2 Å². The third-order valence-electron chi connectivity index (χ3n) is 3.29. The summed E-state index contributed by atoms with van der Waals surface area (Å²) in [4.78, 5) is 14.2. The molecule has 0 bridgehead atoms. The fourth-order valence-electron chi connectivity index (χ4n) is 2.02. The second kappa shape index (κ2) is 7.77. The third kappa shape index (κ3) is 5.94. The lowest BCUT2D eigenvalue weighted by Crippen LogP contribution is -2.42. The van der Waals surface area contributed by atoms with Gasteiger partial charge in [-0.05, 0) is 36.7 Å². The van der Waals surface area contributed by atoms with Gasteiger partial charge in [-0.1, -0.05) is 26.8 Å². The fraction of sp³-hybridized carbons (Fsp3) is 0.500. The van der Waals surface area contributed by atoms with E-state index in [-0.39, 0.29) is 11.3 Å². The van der Waals surface area contributed by atoms with Crippen molar-refractivity contribution in [3.8, 4) is 6.07 Å². The summed E-state index contributed by atoms with van der Waals surface area (Å²) >= 11 is 0. The van der Waals surface area contributed by atoms with Crippen LogP contribution in [0.15, 0.2) is 24.3 Å². The molecule has 0 unspecified atom stereocenters. The van der Waals surface area contributed by atoms with Gasteiger partial charge in [0.25, 0.3) is 0 Å². The van der Waals surface area contributed by atoms with E-state index in [4.69, 9.17) is 11.0 Å². The summed E-state index contributed by atoms with van der Waals surface area (Å²) in [5.41, 5.74) is 6.90. The molecule has 0 saturated carbocycles. The predicted molar refractivity (Wildman–Crippen MR) is 84.7 cm³/mol. The maximum absolute atomic E-state index is 12.1. The molecule has 0 aliphatic rings. The number of carbonyl (C=O) groups is 1. The van der Waals surface area contributed by atoms with Gasteiger partial charge < -0.3 is 11.1 Å². The summed E-state index contributed by atoms with van der Waals surface area (Å²) in [6.07, 6.45) is 0. The lowest BCUT2D eigenvalue weighted by Gasteiger charge is -2.30. The molecule has 1 aromatic carbocycles. The van der Waals surface area contributed by atoms with Gasteiger partial charge in [-0.3, -0.25) is 9.69 Å². The molecule has 0 aromatic heterocycles. The Labute approximate surface area is 126 Å². The highest BCUT2D eigenvalue weighted by Gasteiger charge is 2.20. The lowest BCUT2D eigenvalue weighted by molar-refractivity contribution is -0.117. The van der Waals surface area contributed by atoms with Gasteiger partial charge in [-0.15, -0.1) is 0 Å². The summed E-state index contributed by atoms with van der Waals surface area (Å²) in [7, 11) is 0. The maximum Gasteiger partial charge on any atom is 0.238 e. The third-order valence-corrected chi connectivity index (χ3v) is 3.29. The first kappa shape index (κ1) is 17.2. The van der Waals surface area contributed by atoms with E-state index in [1.807, 2.05) is 6.92 Å². The van der Waals surface area contributed by atoms with Gasteiger partial charge in [-0.2, -0.15) is 5.26 Å². The smallest absolute Gasteiger partial charge is 0.238 e. The van der Waals surface area contributed by atoms with Crippen LogP contribution in [0, 0.1) is 16.7 Å². The molecule has 1 rings (SSSR count). The van der Waals surface area contributed by atoms with E-state index in [1.54, 1.807) is 24.3 Å². The molecule has 0 fully saturated rings. The number of carbonyl (C=O) groups excluding carboxylic acids is 1. The van der Waals surface area contributed by atoms with Crippen molar-refractivity contribution in [1.82, 2.24) is 4.90 Å². The molecule has 3 N–H and O–H groups in total. The van der Waals surface area contributed by atoms with Crippen molar-refractivity contribution in [2.24, 2.45) is 11.1 Å². The van der Waals surface area contributed by atoms with E-state index in [0.29, 0.717) is 24.3 Å². The topological polar surface area (TPSA) is 82.2 Å². The minimum Gasteiger partial charge on any atom is -0.330 e. The Bertz CT molecular complexity index is 519. The van der Waals surface area contributed by atoms with Crippen molar-refractivity contribution >= 4 is 11.6 Å². The molecule has 21 heavy (non-hydrogen) atoms. The molecule has 0 heterocycles. The Morgan fingerprint density at radius 1 is 1.48 bits per heavy atom. The van der Waals surface area contributed by atoms with Crippen LogP contribution < -0.4 is 11.1 Å². The van der Waals surface area contributed by atoms with E-state index in [2.05, 4.69) is 30.1 Å². The van der Waals surface area contributed by atoms with Crippen LogP contribution in [0.3, 0.4) is 0 Å². The van der Waals surface area contributed by atoms with Crippen molar-refractivity contribution in [3.63, 3.8) is 0 Å². The Balaban J connectivity index is 2.61. The number of nitrogens with two attached hydrogens (primary N) is 1. The maximum atomic E-state index is 12.1. The van der Waals surface area contributed by atoms with Gasteiger partial charge in [0.1, 0.15) is 0 Å². The zero-order chi connectivity index (χ0) is 15.9. The van der Waals surface area contributed by atoms with Gasteiger partial charge in [-0.25, -0.2) is 0 Å². The minimum absolute atomic E-state index is 0.0169. The monoisotopic (exact) mass is 288 g/mol. The van der Waals surface area contributed by atoms with Crippen LogP contribution in [0.1, 0.15) is 26.3 Å². The Kier molecular flexibility index (Phi) is 6.35. The molecule has 1 aromatic rings. The minimum atomic E-state index is -0.0836. The first-order valence-corrected chi connectivity index (χ1v) is 7.12. The molecule has 0 aliphatic carbocycles. The molecule has 0 radical (unpaired) electrons. The van der Waals surface area contributed by atoms with E-state index in [1.165, 1.54) is 0 Å². The van der Waals surface area contributed by atoms with Crippen LogP contribution in [0.5, 0.6) is 0 Å². The average Bonchev–Trinajstić information content (AvgIpc) is 2.46. The molecule has 5 heteroatoms. The number of hydrogen-bond acceptors (Lipinski definition) is 4. The number of amides is 1. The quantitative estimate of drug-likeness (QED) is 0.801. The Morgan fingerprint density at radius 3 is 2.76 bits per heavy atom. The van der Waals surface area contributed by atoms with Gasteiger partial charge in [0.05, 0.1) is 18.2 Å². The molecule has 0 atom stereocenters. The zero-order valence-corrected chi connectivity index (χ0v) is 13.0. The second-order valence-electron chi connectivity index (χ2n) is 5.91. The van der Waals surface area contributed by atoms with Crippen LogP contribution in [-0.2, 0) is 4.79 Å². The lowest BCUT2D eigenvalue weighted by atomic mass is 9.93. The van der Waals surface area contributed by atoms with Crippen LogP contribution in [0.4, 0.5) is 5.69 Å². The van der Waals surface area contributed by atoms with Crippen molar-refractivity contribution in [2.45, 2.75) is 20.8 Å². The summed E-state index contributed by atoms with van der Waals surface area (Å²) < 4.78 is 0. The first-order chi connectivity index (χ1) is 9.90. The summed E-state index contributed by atoms with van der Waals surface area (Å²) in [5, 5.41) is 11.7. The number of nitrogens with one attached hydrogen (secondary N) is 1. The molecule has 5 nitrogen and oxygen atoms in total. The van der Waals surface area contributed by atoms with Crippen LogP contribution in [0.2, 0.25) is 0 Å². The number of rotatable bonds is 7. The van der Waals surface area contributed by atoms with Crippen molar-refractivity contribution in [2.75, 3.05) is 31.5 Å². The molecule has 0 aliphatic heterocycles. The number of likely N-dealkylation sites (N-methyl/N-ethyl adjacent to an activating group) is 1. The van der Waals surface area contributed by atoms with Crippen LogP contribution >= 0.6 is 0 Å². The predicted octanol–water partition coefficient (Wildman–Crippen LogP) is 1.80. The molecule has 0 spiro atoms. The largest absolute Gasteiger partial charge is 0.330 e. The van der Waals surface area contributed by atoms with Crippen molar-refractivity contribution < 1.29 is 4.79 Å². The standard InChI is InChI=1S/C16H24N4O/c1-4-20(12-16(2,3)11-18)10-15(21)19-14-7-5-6-13(8-14)9-17/h5-8H,4,10-12,18H2,1-3H3,(H,19,21). The van der Waals surface area contributed by atoms with Gasteiger partial charge >= 0.3 is 0 Å². The van der Waals surface area contributed by atoms with Crippen molar-refractivity contribution in [3.05, 3.63) is 29.8 Å². The van der Waals surface area contributed by atoms with E-state index >= 15 is 0 Å². The molecule has 0 saturated heterocycles. The van der Waals surface area contributed by atoms with Crippen LogP contribution in [-0.4, -0.2) is 37.0 Å². The highest BCUT2D eigenvalue weighted by molar-refractivity contribution is 5.92. The summed E-state index contributed by atoms with van der Waals surface area (Å²) in [6.45, 7) is 8.65. The number of nitriles is 1. The molecular formula is C16H24N4O. The Hall–Kier alpha value is -1.90. The molecular weight excluding hydrogens is 264 g/mol. The molecule has 1 amide bonds. The summed E-state index contributed by atoms with van der Waals surface area (Å²) in [5.74, 6) is -0.0836. The average molecular weight is 288 g/mol.